The third-order valence-corrected chi connectivity index (χ3v) is 5.17. The molecule has 3 nitrogen and oxygen atoms in total. The molecule has 1 rings (SSSR count). The third-order valence-electron chi connectivity index (χ3n) is 5.17. The molecule has 0 aromatic carbocycles. The third kappa shape index (κ3) is 2.51. The summed E-state index contributed by atoms with van der Waals surface area (Å²) in [6, 6.07) is 0. The summed E-state index contributed by atoms with van der Waals surface area (Å²) in [6.45, 7) is 6.34. The molecule has 0 bridgehead atoms. The molecule has 0 amide bonds. The van der Waals surface area contributed by atoms with Crippen molar-refractivity contribution < 1.29 is 9.84 Å². The van der Waals surface area contributed by atoms with Crippen molar-refractivity contribution in [3.8, 4) is 0 Å². The lowest BCUT2D eigenvalue weighted by Crippen LogP contribution is -2.62. The van der Waals surface area contributed by atoms with Crippen molar-refractivity contribution in [3.63, 3.8) is 0 Å². The maximum Gasteiger partial charge on any atom is 0.0970 e. The van der Waals surface area contributed by atoms with E-state index < -0.39 is 11.2 Å². The Balaban J connectivity index is 3.05. The zero-order valence-electron chi connectivity index (χ0n) is 11.9. The van der Waals surface area contributed by atoms with Gasteiger partial charge >= 0.3 is 0 Å². The SMILES string of the molecule is COC(C)(C)C(C)(O)C1(CN)CCCCCC1. The van der Waals surface area contributed by atoms with E-state index in [4.69, 9.17) is 10.5 Å². The molecule has 0 radical (unpaired) electrons. The van der Waals surface area contributed by atoms with Gasteiger partial charge in [-0.25, -0.2) is 0 Å². The number of methoxy groups -OCH3 is 1. The van der Waals surface area contributed by atoms with Gasteiger partial charge in [-0.3, -0.25) is 0 Å². The Morgan fingerprint density at radius 1 is 1.12 bits per heavy atom. The van der Waals surface area contributed by atoms with Crippen LogP contribution in [-0.4, -0.2) is 30.0 Å². The maximum absolute atomic E-state index is 11.0. The predicted molar refractivity (Wildman–Crippen MR) is 70.9 cm³/mol. The minimum absolute atomic E-state index is 0.205. The maximum atomic E-state index is 11.0. The molecule has 17 heavy (non-hydrogen) atoms. The van der Waals surface area contributed by atoms with Gasteiger partial charge in [0.2, 0.25) is 0 Å². The van der Waals surface area contributed by atoms with Crippen LogP contribution in [-0.2, 0) is 4.74 Å². The molecule has 1 aliphatic carbocycles. The van der Waals surface area contributed by atoms with Crippen LogP contribution in [0, 0.1) is 5.41 Å². The van der Waals surface area contributed by atoms with E-state index in [0.29, 0.717) is 6.54 Å². The molecule has 1 unspecified atom stereocenters. The Kier molecular flexibility index (Phi) is 4.61. The topological polar surface area (TPSA) is 55.5 Å². The molecule has 3 heteroatoms. The van der Waals surface area contributed by atoms with E-state index >= 15 is 0 Å². The van der Waals surface area contributed by atoms with Crippen LogP contribution in [0.25, 0.3) is 0 Å². The fraction of sp³-hybridized carbons (Fsp3) is 1.00. The number of aliphatic hydroxyl groups is 1. The summed E-state index contributed by atoms with van der Waals surface area (Å²) in [5, 5.41) is 11.0. The summed E-state index contributed by atoms with van der Waals surface area (Å²) in [5.41, 5.74) is 4.36. The fourth-order valence-electron chi connectivity index (χ4n) is 3.13. The molecule has 1 aliphatic rings. The number of rotatable bonds is 4. The van der Waals surface area contributed by atoms with Crippen LogP contribution in [0.4, 0.5) is 0 Å². The molecular formula is C14H29NO2. The van der Waals surface area contributed by atoms with Crippen LogP contribution in [0.15, 0.2) is 0 Å². The van der Waals surface area contributed by atoms with Gasteiger partial charge in [-0.15, -0.1) is 0 Å². The number of ether oxygens (including phenoxy) is 1. The summed E-state index contributed by atoms with van der Waals surface area (Å²) < 4.78 is 5.52. The first-order chi connectivity index (χ1) is 7.83. The lowest BCUT2D eigenvalue weighted by Gasteiger charge is -2.52. The number of hydrogen-bond acceptors (Lipinski definition) is 3. The highest BCUT2D eigenvalue weighted by Crippen LogP contribution is 2.48. The lowest BCUT2D eigenvalue weighted by molar-refractivity contribution is -0.205. The van der Waals surface area contributed by atoms with Crippen molar-refractivity contribution in [1.82, 2.24) is 0 Å². The van der Waals surface area contributed by atoms with E-state index in [1.165, 1.54) is 12.8 Å². The molecule has 102 valence electrons. The van der Waals surface area contributed by atoms with Crippen molar-refractivity contribution in [3.05, 3.63) is 0 Å². The van der Waals surface area contributed by atoms with Crippen LogP contribution in [0.2, 0.25) is 0 Å². The summed E-state index contributed by atoms with van der Waals surface area (Å²) in [6.07, 6.45) is 6.84. The Bertz CT molecular complexity index is 241. The highest BCUT2D eigenvalue weighted by atomic mass is 16.5. The smallest absolute Gasteiger partial charge is 0.0970 e. The molecular weight excluding hydrogens is 214 g/mol. The first kappa shape index (κ1) is 14.9. The van der Waals surface area contributed by atoms with Crippen molar-refractivity contribution in [2.24, 2.45) is 11.1 Å². The van der Waals surface area contributed by atoms with Crippen molar-refractivity contribution >= 4 is 0 Å². The van der Waals surface area contributed by atoms with Crippen molar-refractivity contribution in [2.75, 3.05) is 13.7 Å². The standard InChI is InChI=1S/C14H29NO2/c1-12(2,17-4)13(3,16)14(11-15)9-7-5-6-8-10-14/h16H,5-11,15H2,1-4H3. The van der Waals surface area contributed by atoms with E-state index in [2.05, 4.69) is 0 Å². The minimum atomic E-state index is -0.895. The van der Waals surface area contributed by atoms with E-state index in [0.717, 1.165) is 25.7 Å². The second-order valence-electron chi connectivity index (χ2n) is 6.19. The molecule has 1 fully saturated rings. The highest BCUT2D eigenvalue weighted by Gasteiger charge is 2.54. The van der Waals surface area contributed by atoms with E-state index in [-0.39, 0.29) is 5.41 Å². The van der Waals surface area contributed by atoms with Gasteiger partial charge in [-0.2, -0.15) is 0 Å². The quantitative estimate of drug-likeness (QED) is 0.746. The van der Waals surface area contributed by atoms with Gasteiger partial charge in [0.15, 0.2) is 0 Å². The first-order valence-corrected chi connectivity index (χ1v) is 6.80. The number of nitrogens with two attached hydrogens (primary N) is 1. The zero-order valence-corrected chi connectivity index (χ0v) is 11.9. The molecule has 3 N–H and O–H groups in total. The van der Waals surface area contributed by atoms with Crippen molar-refractivity contribution in [2.45, 2.75) is 70.5 Å². The summed E-state index contributed by atoms with van der Waals surface area (Å²) in [4.78, 5) is 0. The van der Waals surface area contributed by atoms with Crippen LogP contribution >= 0.6 is 0 Å². The molecule has 0 spiro atoms. The van der Waals surface area contributed by atoms with Crippen LogP contribution in [0.3, 0.4) is 0 Å². The monoisotopic (exact) mass is 243 g/mol. The fourth-order valence-corrected chi connectivity index (χ4v) is 3.13. The average molecular weight is 243 g/mol. The molecule has 0 aromatic heterocycles. The highest BCUT2D eigenvalue weighted by molar-refractivity contribution is 5.06. The Morgan fingerprint density at radius 3 is 1.94 bits per heavy atom. The molecule has 0 aliphatic heterocycles. The molecule has 1 saturated carbocycles. The summed E-state index contributed by atoms with van der Waals surface area (Å²) in [7, 11) is 1.66. The average Bonchev–Trinajstić information content (AvgIpc) is 2.54. The van der Waals surface area contributed by atoms with E-state index in [1.807, 2.05) is 20.8 Å². The second-order valence-corrected chi connectivity index (χ2v) is 6.19. The van der Waals surface area contributed by atoms with Gasteiger partial charge < -0.3 is 15.6 Å². The predicted octanol–water partition coefficient (Wildman–Crippen LogP) is 2.46. The lowest BCUT2D eigenvalue weighted by atomic mass is 9.61. The minimum Gasteiger partial charge on any atom is -0.387 e. The normalized spacial score (nSPS) is 25.1. The van der Waals surface area contributed by atoms with Crippen molar-refractivity contribution in [1.29, 1.82) is 0 Å². The van der Waals surface area contributed by atoms with Crippen LogP contribution in [0.1, 0.15) is 59.3 Å². The van der Waals surface area contributed by atoms with Gasteiger partial charge in [-0.05, 0) is 33.6 Å². The van der Waals surface area contributed by atoms with Gasteiger partial charge in [0.05, 0.1) is 11.2 Å². The van der Waals surface area contributed by atoms with Crippen LogP contribution < -0.4 is 5.73 Å². The number of hydrogen-bond donors (Lipinski definition) is 2. The molecule has 1 atom stereocenters. The Morgan fingerprint density at radius 2 is 1.59 bits per heavy atom. The zero-order chi connectivity index (χ0) is 13.2. The van der Waals surface area contributed by atoms with Gasteiger partial charge in [-0.1, -0.05) is 25.7 Å². The molecule has 0 saturated heterocycles. The molecule has 0 aromatic rings. The largest absolute Gasteiger partial charge is 0.387 e. The van der Waals surface area contributed by atoms with E-state index in [1.54, 1.807) is 7.11 Å². The summed E-state index contributed by atoms with van der Waals surface area (Å²) >= 11 is 0. The Labute approximate surface area is 106 Å². The van der Waals surface area contributed by atoms with Crippen LogP contribution in [0.5, 0.6) is 0 Å². The van der Waals surface area contributed by atoms with E-state index in [9.17, 15) is 5.11 Å². The Hall–Kier alpha value is -0.120. The van der Waals surface area contributed by atoms with Gasteiger partial charge in [0.25, 0.3) is 0 Å². The first-order valence-electron chi connectivity index (χ1n) is 6.80. The molecule has 0 heterocycles. The second kappa shape index (κ2) is 5.25. The summed E-state index contributed by atoms with van der Waals surface area (Å²) in [5.74, 6) is 0. The van der Waals surface area contributed by atoms with Gasteiger partial charge in [0.1, 0.15) is 0 Å². The van der Waals surface area contributed by atoms with Gasteiger partial charge in [0, 0.05) is 19.1 Å².